The van der Waals surface area contributed by atoms with Gasteiger partial charge in [-0.05, 0) is 43.2 Å². The van der Waals surface area contributed by atoms with E-state index in [0.717, 1.165) is 16.5 Å². The first-order chi connectivity index (χ1) is 11.7. The number of nitrogens with one attached hydrogen (secondary N) is 2. The van der Waals surface area contributed by atoms with Crippen molar-refractivity contribution in [3.63, 3.8) is 0 Å². The summed E-state index contributed by atoms with van der Waals surface area (Å²) in [5, 5.41) is 26.2. The summed E-state index contributed by atoms with van der Waals surface area (Å²) in [6.07, 6.45) is 0.639. The molecule has 0 spiro atoms. The molecule has 6 heteroatoms. The van der Waals surface area contributed by atoms with E-state index in [4.69, 9.17) is 5.11 Å². The van der Waals surface area contributed by atoms with E-state index in [1.807, 2.05) is 43.3 Å². The van der Waals surface area contributed by atoms with Crippen molar-refractivity contribution in [3.8, 4) is 5.75 Å². The molecule has 3 rings (SSSR count). The largest absolute Gasteiger partial charge is 0.506 e. The molecule has 0 radical (unpaired) electrons. The number of rotatable bonds is 6. The number of para-hydroxylation sites is 1. The molecule has 3 aromatic rings. The van der Waals surface area contributed by atoms with E-state index in [1.165, 1.54) is 0 Å². The van der Waals surface area contributed by atoms with Crippen LogP contribution in [0.15, 0.2) is 42.5 Å². The number of phenolic OH excluding ortho intramolecular Hbond substituents is 1. The Hall–Kier alpha value is -2.86. The number of hydrogen-bond acceptors (Lipinski definition) is 6. The number of aromatic nitrogens is 2. The van der Waals surface area contributed by atoms with Crippen LogP contribution in [0, 0.1) is 6.92 Å². The number of fused-ring (bicyclic) bond motifs is 1. The maximum atomic E-state index is 9.99. The summed E-state index contributed by atoms with van der Waals surface area (Å²) in [5.41, 5.74) is 2.39. The van der Waals surface area contributed by atoms with Crippen LogP contribution in [0.5, 0.6) is 5.75 Å². The molecule has 6 nitrogen and oxygen atoms in total. The number of aliphatic hydroxyl groups is 1. The zero-order valence-electron chi connectivity index (χ0n) is 13.5. The summed E-state index contributed by atoms with van der Waals surface area (Å²) < 4.78 is 0. The monoisotopic (exact) mass is 324 g/mol. The molecule has 0 aliphatic rings. The second-order valence-electron chi connectivity index (χ2n) is 5.56. The lowest BCUT2D eigenvalue weighted by Crippen LogP contribution is -2.08. The minimum atomic E-state index is 0.123. The molecule has 24 heavy (non-hydrogen) atoms. The van der Waals surface area contributed by atoms with Gasteiger partial charge in [0.05, 0.1) is 11.2 Å². The molecule has 4 N–H and O–H groups in total. The summed E-state index contributed by atoms with van der Waals surface area (Å²) in [6, 6.07) is 13.0. The fourth-order valence-electron chi connectivity index (χ4n) is 2.42. The molecule has 0 amide bonds. The van der Waals surface area contributed by atoms with Crippen LogP contribution in [-0.2, 0) is 0 Å². The molecule has 0 saturated carbocycles. The normalized spacial score (nSPS) is 10.8. The lowest BCUT2D eigenvalue weighted by Gasteiger charge is -2.12. The molecule has 0 bridgehead atoms. The van der Waals surface area contributed by atoms with Gasteiger partial charge < -0.3 is 20.8 Å². The molecule has 2 aromatic carbocycles. The smallest absolute Gasteiger partial charge is 0.229 e. The van der Waals surface area contributed by atoms with Gasteiger partial charge in [0.25, 0.3) is 0 Å². The van der Waals surface area contributed by atoms with Gasteiger partial charge in [-0.3, -0.25) is 0 Å². The van der Waals surface area contributed by atoms with E-state index in [-0.39, 0.29) is 12.4 Å². The molecule has 1 aromatic heterocycles. The van der Waals surface area contributed by atoms with Crippen LogP contribution in [0.1, 0.15) is 12.0 Å². The Kier molecular flexibility index (Phi) is 4.77. The first kappa shape index (κ1) is 16.0. The van der Waals surface area contributed by atoms with E-state index in [9.17, 15) is 5.11 Å². The Morgan fingerprint density at radius 2 is 1.92 bits per heavy atom. The Labute approximate surface area is 140 Å². The van der Waals surface area contributed by atoms with Crippen LogP contribution in [0.3, 0.4) is 0 Å². The third-order valence-corrected chi connectivity index (χ3v) is 3.63. The van der Waals surface area contributed by atoms with Gasteiger partial charge >= 0.3 is 0 Å². The average molecular weight is 324 g/mol. The predicted octanol–water partition coefficient (Wildman–Crippen LogP) is 3.18. The van der Waals surface area contributed by atoms with Crippen molar-refractivity contribution in [2.45, 2.75) is 13.3 Å². The Morgan fingerprint density at radius 1 is 1.08 bits per heavy atom. The highest BCUT2D eigenvalue weighted by Gasteiger charge is 2.09. The van der Waals surface area contributed by atoms with E-state index in [0.29, 0.717) is 30.4 Å². The number of nitrogens with zero attached hydrogens (tertiary/aromatic N) is 2. The van der Waals surface area contributed by atoms with Gasteiger partial charge in [-0.1, -0.05) is 18.2 Å². The van der Waals surface area contributed by atoms with Crippen LogP contribution >= 0.6 is 0 Å². The van der Waals surface area contributed by atoms with Crippen molar-refractivity contribution in [1.82, 2.24) is 9.97 Å². The molecule has 0 fully saturated rings. The number of aromatic hydroxyl groups is 1. The zero-order chi connectivity index (χ0) is 16.9. The Bertz CT molecular complexity index is 852. The van der Waals surface area contributed by atoms with Crippen LogP contribution in [0.2, 0.25) is 0 Å². The molecule has 0 atom stereocenters. The third-order valence-electron chi connectivity index (χ3n) is 3.63. The Balaban J connectivity index is 1.97. The van der Waals surface area contributed by atoms with Crippen LogP contribution < -0.4 is 10.6 Å². The fraction of sp³-hybridized carbons (Fsp3) is 0.222. The molecular formula is C18H20N4O2. The number of phenols is 1. The lowest BCUT2D eigenvalue weighted by molar-refractivity contribution is 0.292. The van der Waals surface area contributed by atoms with Crippen molar-refractivity contribution in [3.05, 3.63) is 48.0 Å². The molecule has 124 valence electrons. The van der Waals surface area contributed by atoms with Crippen molar-refractivity contribution in [1.29, 1.82) is 0 Å². The average Bonchev–Trinajstić information content (AvgIpc) is 2.58. The summed E-state index contributed by atoms with van der Waals surface area (Å²) in [6.45, 7) is 2.69. The molecule has 0 unspecified atom stereocenters. The Morgan fingerprint density at radius 3 is 2.75 bits per heavy atom. The van der Waals surface area contributed by atoms with Gasteiger partial charge in [-0.25, -0.2) is 4.98 Å². The highest BCUT2D eigenvalue weighted by Crippen LogP contribution is 2.28. The molecule has 1 heterocycles. The molecule has 0 aliphatic heterocycles. The maximum Gasteiger partial charge on any atom is 0.229 e. The minimum absolute atomic E-state index is 0.123. The number of aryl methyl sites for hydroxylation is 1. The summed E-state index contributed by atoms with van der Waals surface area (Å²) in [7, 11) is 0. The summed E-state index contributed by atoms with van der Waals surface area (Å²) in [5.74, 6) is 1.25. The number of anilines is 3. The fourth-order valence-corrected chi connectivity index (χ4v) is 2.42. The van der Waals surface area contributed by atoms with E-state index in [2.05, 4.69) is 20.6 Å². The second kappa shape index (κ2) is 7.14. The number of benzene rings is 2. The van der Waals surface area contributed by atoms with Crippen LogP contribution in [0.4, 0.5) is 17.5 Å². The van der Waals surface area contributed by atoms with Crippen molar-refractivity contribution in [2.24, 2.45) is 0 Å². The van der Waals surface area contributed by atoms with E-state index in [1.54, 1.807) is 6.07 Å². The summed E-state index contributed by atoms with van der Waals surface area (Å²) >= 11 is 0. The molecule has 0 saturated heterocycles. The van der Waals surface area contributed by atoms with Gasteiger partial charge in [0, 0.05) is 18.5 Å². The molecule has 0 aliphatic carbocycles. The second-order valence-corrected chi connectivity index (χ2v) is 5.56. The topological polar surface area (TPSA) is 90.3 Å². The third kappa shape index (κ3) is 3.55. The van der Waals surface area contributed by atoms with E-state index >= 15 is 0 Å². The summed E-state index contributed by atoms with van der Waals surface area (Å²) in [4.78, 5) is 9.02. The quantitative estimate of drug-likeness (QED) is 0.411. The predicted molar refractivity (Wildman–Crippen MR) is 95.9 cm³/mol. The SMILES string of the molecule is Cc1ccc(O)c(Nc2nc(NCCCO)c3ccccc3n2)c1. The van der Waals surface area contributed by atoms with Crippen molar-refractivity contribution in [2.75, 3.05) is 23.8 Å². The number of hydrogen-bond donors (Lipinski definition) is 4. The number of aliphatic hydroxyl groups excluding tert-OH is 1. The first-order valence-corrected chi connectivity index (χ1v) is 7.85. The lowest BCUT2D eigenvalue weighted by atomic mass is 10.2. The highest BCUT2D eigenvalue weighted by atomic mass is 16.3. The zero-order valence-corrected chi connectivity index (χ0v) is 13.5. The van der Waals surface area contributed by atoms with Gasteiger partial charge in [0.1, 0.15) is 11.6 Å². The molecular weight excluding hydrogens is 304 g/mol. The van der Waals surface area contributed by atoms with Crippen molar-refractivity contribution >= 4 is 28.4 Å². The van der Waals surface area contributed by atoms with Crippen molar-refractivity contribution < 1.29 is 10.2 Å². The van der Waals surface area contributed by atoms with Crippen LogP contribution in [-0.4, -0.2) is 33.3 Å². The van der Waals surface area contributed by atoms with E-state index < -0.39 is 0 Å². The van der Waals surface area contributed by atoms with Gasteiger partial charge in [0.15, 0.2) is 0 Å². The van der Waals surface area contributed by atoms with Gasteiger partial charge in [-0.15, -0.1) is 0 Å². The first-order valence-electron chi connectivity index (χ1n) is 7.85. The standard InChI is InChI=1S/C18H20N4O2/c1-12-7-8-16(24)15(11-12)21-18-20-14-6-3-2-5-13(14)17(22-18)19-9-4-10-23/h2-3,5-8,11,23-24H,4,9-10H2,1H3,(H2,19,20,21,22). The van der Waals surface area contributed by atoms with Crippen LogP contribution in [0.25, 0.3) is 10.9 Å². The highest BCUT2D eigenvalue weighted by molar-refractivity contribution is 5.90. The minimum Gasteiger partial charge on any atom is -0.506 e. The maximum absolute atomic E-state index is 9.99. The van der Waals surface area contributed by atoms with Gasteiger partial charge in [0.2, 0.25) is 5.95 Å². The van der Waals surface area contributed by atoms with Gasteiger partial charge in [-0.2, -0.15) is 4.98 Å².